The lowest BCUT2D eigenvalue weighted by atomic mass is 9.82. The molecule has 3 aromatic rings. The lowest BCUT2D eigenvalue weighted by molar-refractivity contribution is -0.137. The lowest BCUT2D eigenvalue weighted by Gasteiger charge is -2.49. The second-order valence-electron chi connectivity index (χ2n) is 9.14. The van der Waals surface area contributed by atoms with Gasteiger partial charge in [-0.05, 0) is 60.5 Å². The number of nitrogens with zero attached hydrogens (tertiary/aromatic N) is 2. The average Bonchev–Trinajstić information content (AvgIpc) is 2.86. The molecule has 1 saturated heterocycles. The molecule has 3 aromatic carbocycles. The zero-order valence-electron chi connectivity index (χ0n) is 19.2. The number of hydrogen-bond donors (Lipinski definition) is 1. The minimum absolute atomic E-state index is 0.0220. The molecule has 4 nitrogen and oxygen atoms in total. The van der Waals surface area contributed by atoms with Gasteiger partial charge in [0.15, 0.2) is 0 Å². The van der Waals surface area contributed by atoms with Crippen molar-refractivity contribution in [3.63, 3.8) is 0 Å². The van der Waals surface area contributed by atoms with E-state index >= 15 is 0 Å². The molecule has 0 saturated carbocycles. The van der Waals surface area contributed by atoms with E-state index in [1.165, 1.54) is 24.3 Å². The summed E-state index contributed by atoms with van der Waals surface area (Å²) in [5.41, 5.74) is 1.53. The summed E-state index contributed by atoms with van der Waals surface area (Å²) in [5, 5.41) is 2.78. The van der Waals surface area contributed by atoms with Crippen LogP contribution in [0.3, 0.4) is 0 Å². The van der Waals surface area contributed by atoms with Crippen molar-refractivity contribution in [1.29, 1.82) is 0 Å². The molecule has 1 fully saturated rings. The molecule has 0 spiro atoms. The van der Waals surface area contributed by atoms with Crippen LogP contribution in [-0.4, -0.2) is 31.6 Å². The summed E-state index contributed by atoms with van der Waals surface area (Å²) in [6.45, 7) is 1.46. The van der Waals surface area contributed by atoms with Gasteiger partial charge < -0.3 is 15.1 Å². The van der Waals surface area contributed by atoms with Gasteiger partial charge in [-0.2, -0.15) is 13.2 Å². The lowest BCUT2D eigenvalue weighted by Crippen LogP contribution is -2.61. The summed E-state index contributed by atoms with van der Waals surface area (Å²) < 4.78 is 67.7. The van der Waals surface area contributed by atoms with Crippen molar-refractivity contribution in [2.45, 2.75) is 25.2 Å². The van der Waals surface area contributed by atoms with Crippen molar-refractivity contribution in [2.24, 2.45) is 5.92 Å². The van der Waals surface area contributed by atoms with Gasteiger partial charge in [0.05, 0.1) is 17.5 Å². The number of carbonyl (C=O) groups is 1. The van der Waals surface area contributed by atoms with E-state index < -0.39 is 23.5 Å². The molecule has 0 radical (unpaired) electrons. The Morgan fingerprint density at radius 2 is 1.72 bits per heavy atom. The van der Waals surface area contributed by atoms with E-state index in [0.29, 0.717) is 36.4 Å². The zero-order valence-corrected chi connectivity index (χ0v) is 19.2. The standard InChI is InChI=1S/C27H24F5N3O/c28-20-6-8-21(9-7-20)34-11-12-35-24-10-5-19(27(30,31)32)13-18(24)14-22(25(35)16-34)26(36)33-15-17-3-1-2-4-23(17)29/h1-10,13,22,25H,11-12,14-16H2,(H,33,36)/t22-,25+/m0/s1. The van der Waals surface area contributed by atoms with Gasteiger partial charge in [-0.15, -0.1) is 0 Å². The van der Waals surface area contributed by atoms with E-state index in [4.69, 9.17) is 0 Å². The van der Waals surface area contributed by atoms with Crippen molar-refractivity contribution in [1.82, 2.24) is 5.32 Å². The van der Waals surface area contributed by atoms with Crippen LogP contribution < -0.4 is 15.1 Å². The molecule has 9 heteroatoms. The van der Waals surface area contributed by atoms with Crippen LogP contribution in [0, 0.1) is 17.6 Å². The number of amides is 1. The number of benzene rings is 3. The molecule has 2 heterocycles. The molecule has 0 bridgehead atoms. The second-order valence-corrected chi connectivity index (χ2v) is 9.14. The van der Waals surface area contributed by atoms with Gasteiger partial charge in [-0.1, -0.05) is 18.2 Å². The van der Waals surface area contributed by atoms with Gasteiger partial charge in [0.1, 0.15) is 11.6 Å². The third kappa shape index (κ3) is 4.74. The van der Waals surface area contributed by atoms with E-state index in [9.17, 15) is 26.7 Å². The summed E-state index contributed by atoms with van der Waals surface area (Å²) in [4.78, 5) is 17.4. The molecule has 2 atom stereocenters. The fraction of sp³-hybridized carbons (Fsp3) is 0.296. The Bertz CT molecular complexity index is 1260. The first kappa shape index (κ1) is 24.1. The molecule has 0 aromatic heterocycles. The number of carbonyl (C=O) groups excluding carboxylic acids is 1. The average molecular weight is 501 g/mol. The Kier molecular flexibility index (Phi) is 6.32. The molecular formula is C27H24F5N3O. The van der Waals surface area contributed by atoms with Crippen LogP contribution in [0.25, 0.3) is 0 Å². The first-order valence-corrected chi connectivity index (χ1v) is 11.7. The molecule has 1 N–H and O–H groups in total. The maximum absolute atomic E-state index is 14.1. The number of halogens is 5. The molecule has 2 aliphatic rings. The van der Waals surface area contributed by atoms with Gasteiger partial charge in [-0.25, -0.2) is 8.78 Å². The van der Waals surface area contributed by atoms with Crippen LogP contribution in [0.2, 0.25) is 0 Å². The van der Waals surface area contributed by atoms with Crippen LogP contribution in [0.15, 0.2) is 66.7 Å². The maximum Gasteiger partial charge on any atom is 0.416 e. The van der Waals surface area contributed by atoms with Crippen LogP contribution in [-0.2, 0) is 23.9 Å². The highest BCUT2D eigenvalue weighted by Crippen LogP contribution is 2.40. The quantitative estimate of drug-likeness (QED) is 0.502. The number of anilines is 2. The molecule has 5 rings (SSSR count). The smallest absolute Gasteiger partial charge is 0.368 e. The van der Waals surface area contributed by atoms with E-state index in [0.717, 1.165) is 17.8 Å². The molecule has 0 aliphatic carbocycles. The Labute approximate surface area is 205 Å². The molecular weight excluding hydrogens is 477 g/mol. The fourth-order valence-corrected chi connectivity index (χ4v) is 5.14. The highest BCUT2D eigenvalue weighted by molar-refractivity contribution is 5.82. The Balaban J connectivity index is 1.44. The third-order valence-corrected chi connectivity index (χ3v) is 6.98. The largest absolute Gasteiger partial charge is 0.416 e. The number of piperazine rings is 1. The maximum atomic E-state index is 14.1. The van der Waals surface area contributed by atoms with Gasteiger partial charge in [0.2, 0.25) is 5.91 Å². The van der Waals surface area contributed by atoms with Crippen LogP contribution in [0.1, 0.15) is 16.7 Å². The number of hydrogen-bond acceptors (Lipinski definition) is 3. The predicted molar refractivity (Wildman–Crippen MR) is 127 cm³/mol. The SMILES string of the molecule is O=C(NCc1ccccc1F)[C@H]1Cc2cc(C(F)(F)F)ccc2N2CCN(c3ccc(F)cc3)C[C@H]12. The van der Waals surface area contributed by atoms with Crippen LogP contribution in [0.4, 0.5) is 33.3 Å². The van der Waals surface area contributed by atoms with E-state index in [-0.39, 0.29) is 30.7 Å². The summed E-state index contributed by atoms with van der Waals surface area (Å²) in [6.07, 6.45) is -4.36. The minimum atomic E-state index is -4.49. The van der Waals surface area contributed by atoms with Crippen molar-refractivity contribution in [2.75, 3.05) is 29.4 Å². The van der Waals surface area contributed by atoms with Gasteiger partial charge in [0.25, 0.3) is 0 Å². The van der Waals surface area contributed by atoms with E-state index in [1.54, 1.807) is 30.3 Å². The molecule has 2 aliphatic heterocycles. The van der Waals surface area contributed by atoms with Crippen LogP contribution >= 0.6 is 0 Å². The predicted octanol–water partition coefficient (Wildman–Crippen LogP) is 5.17. The summed E-state index contributed by atoms with van der Waals surface area (Å²) in [5.74, 6) is -1.80. The Morgan fingerprint density at radius 3 is 2.44 bits per heavy atom. The van der Waals surface area contributed by atoms with Gasteiger partial charge >= 0.3 is 6.18 Å². The minimum Gasteiger partial charge on any atom is -0.368 e. The molecule has 36 heavy (non-hydrogen) atoms. The van der Waals surface area contributed by atoms with E-state index in [1.807, 2.05) is 9.80 Å². The van der Waals surface area contributed by atoms with E-state index in [2.05, 4.69) is 5.32 Å². The summed E-state index contributed by atoms with van der Waals surface area (Å²) >= 11 is 0. The number of alkyl halides is 3. The first-order chi connectivity index (χ1) is 17.2. The molecule has 1 amide bonds. The highest BCUT2D eigenvalue weighted by Gasteiger charge is 2.42. The molecule has 188 valence electrons. The Morgan fingerprint density at radius 1 is 0.972 bits per heavy atom. The fourth-order valence-electron chi connectivity index (χ4n) is 5.14. The normalized spacial score (nSPS) is 19.5. The number of fused-ring (bicyclic) bond motifs is 3. The topological polar surface area (TPSA) is 35.6 Å². The van der Waals surface area contributed by atoms with Gasteiger partial charge in [0, 0.05) is 43.1 Å². The monoisotopic (exact) mass is 501 g/mol. The van der Waals surface area contributed by atoms with Crippen molar-refractivity contribution < 1.29 is 26.7 Å². The first-order valence-electron chi connectivity index (χ1n) is 11.7. The summed E-state index contributed by atoms with van der Waals surface area (Å²) in [6, 6.07) is 15.5. The van der Waals surface area contributed by atoms with Crippen molar-refractivity contribution in [3.8, 4) is 0 Å². The summed E-state index contributed by atoms with van der Waals surface area (Å²) in [7, 11) is 0. The zero-order chi connectivity index (χ0) is 25.4. The van der Waals surface area contributed by atoms with Crippen LogP contribution in [0.5, 0.6) is 0 Å². The third-order valence-electron chi connectivity index (χ3n) is 6.98. The van der Waals surface area contributed by atoms with Gasteiger partial charge in [-0.3, -0.25) is 4.79 Å². The van der Waals surface area contributed by atoms with Crippen molar-refractivity contribution >= 4 is 17.3 Å². The number of rotatable bonds is 4. The highest BCUT2D eigenvalue weighted by atomic mass is 19.4. The molecule has 0 unspecified atom stereocenters. The second kappa shape index (κ2) is 9.44. The Hall–Kier alpha value is -3.62. The van der Waals surface area contributed by atoms with Crippen molar-refractivity contribution in [3.05, 3.63) is 95.1 Å². The number of nitrogens with one attached hydrogen (secondary N) is 1.